The van der Waals surface area contributed by atoms with Crippen LogP contribution in [-0.4, -0.2) is 4.57 Å². The molecule has 4 rings (SSSR count). The molecule has 0 aliphatic heterocycles. The van der Waals surface area contributed by atoms with E-state index in [0.29, 0.717) is 16.9 Å². The first-order valence-electron chi connectivity index (χ1n) is 8.06. The number of nitrogen functional groups attached to an aromatic ring is 2. The van der Waals surface area contributed by atoms with Gasteiger partial charge in [0.25, 0.3) is 0 Å². The average molecular weight is 355 g/mol. The number of nitrogens with zero attached hydrogens (tertiary/aromatic N) is 1. The summed E-state index contributed by atoms with van der Waals surface area (Å²) in [6.45, 7) is 0.289. The summed E-state index contributed by atoms with van der Waals surface area (Å²) in [6, 6.07) is 16.5. The fourth-order valence-electron chi connectivity index (χ4n) is 3.33. The number of anilines is 2. The van der Waals surface area contributed by atoms with Crippen molar-refractivity contribution in [2.24, 2.45) is 0 Å². The minimum atomic E-state index is -4.37. The molecule has 26 heavy (non-hydrogen) atoms. The normalized spacial score (nSPS) is 12.1. The van der Waals surface area contributed by atoms with Crippen LogP contribution in [-0.2, 0) is 12.7 Å². The SMILES string of the molecule is Nc1ccc2c3ccc(N)cc3n(Cc3cccc(C(F)(F)F)c3)c2c1. The Kier molecular flexibility index (Phi) is 3.57. The van der Waals surface area contributed by atoms with E-state index in [1.165, 1.54) is 12.1 Å². The number of hydrogen-bond donors (Lipinski definition) is 2. The van der Waals surface area contributed by atoms with Crippen molar-refractivity contribution in [3.8, 4) is 0 Å². The van der Waals surface area contributed by atoms with Gasteiger partial charge >= 0.3 is 6.18 Å². The zero-order valence-electron chi connectivity index (χ0n) is 13.7. The molecule has 0 saturated carbocycles. The molecular weight excluding hydrogens is 339 g/mol. The van der Waals surface area contributed by atoms with E-state index < -0.39 is 11.7 Å². The van der Waals surface area contributed by atoms with Gasteiger partial charge in [-0.2, -0.15) is 13.2 Å². The minimum absolute atomic E-state index is 0.289. The molecule has 0 spiro atoms. The number of rotatable bonds is 2. The van der Waals surface area contributed by atoms with Crippen molar-refractivity contribution in [3.05, 3.63) is 71.8 Å². The summed E-state index contributed by atoms with van der Waals surface area (Å²) in [4.78, 5) is 0. The molecular formula is C20H16F3N3. The van der Waals surface area contributed by atoms with Crippen LogP contribution in [0.4, 0.5) is 24.5 Å². The number of halogens is 3. The maximum Gasteiger partial charge on any atom is 0.416 e. The van der Waals surface area contributed by atoms with Gasteiger partial charge in [-0.25, -0.2) is 0 Å². The average Bonchev–Trinajstić information content (AvgIpc) is 2.87. The molecule has 1 heterocycles. The van der Waals surface area contributed by atoms with E-state index in [2.05, 4.69) is 0 Å². The van der Waals surface area contributed by atoms with E-state index in [4.69, 9.17) is 11.5 Å². The fraction of sp³-hybridized carbons (Fsp3) is 0.100. The molecule has 0 amide bonds. The Hall–Kier alpha value is -3.15. The van der Waals surface area contributed by atoms with Crippen LogP contribution in [0, 0.1) is 0 Å². The molecule has 0 aliphatic rings. The maximum atomic E-state index is 13.0. The van der Waals surface area contributed by atoms with Crippen molar-refractivity contribution in [2.75, 3.05) is 11.5 Å². The van der Waals surface area contributed by atoms with Gasteiger partial charge < -0.3 is 16.0 Å². The third-order valence-electron chi connectivity index (χ3n) is 4.51. The summed E-state index contributed by atoms with van der Waals surface area (Å²) >= 11 is 0. The third-order valence-corrected chi connectivity index (χ3v) is 4.51. The van der Waals surface area contributed by atoms with Gasteiger partial charge in [-0.3, -0.25) is 0 Å². The summed E-state index contributed by atoms with van der Waals surface area (Å²) in [5.41, 5.74) is 14.7. The minimum Gasteiger partial charge on any atom is -0.399 e. The van der Waals surface area contributed by atoms with Crippen LogP contribution in [0.3, 0.4) is 0 Å². The van der Waals surface area contributed by atoms with Crippen LogP contribution in [0.5, 0.6) is 0 Å². The van der Waals surface area contributed by atoms with Gasteiger partial charge in [0.1, 0.15) is 0 Å². The molecule has 0 fully saturated rings. The molecule has 0 radical (unpaired) electrons. The molecule has 6 heteroatoms. The van der Waals surface area contributed by atoms with E-state index in [1.54, 1.807) is 6.07 Å². The van der Waals surface area contributed by atoms with Gasteiger partial charge in [0.15, 0.2) is 0 Å². The number of alkyl halides is 3. The summed E-state index contributed by atoms with van der Waals surface area (Å²) < 4.78 is 41.0. The standard InChI is InChI=1S/C20H16F3N3/c21-20(22,23)13-3-1-2-12(8-13)11-26-18-9-14(24)4-6-16(18)17-7-5-15(25)10-19(17)26/h1-10H,11,24-25H2. The van der Waals surface area contributed by atoms with Crippen LogP contribution in [0.25, 0.3) is 21.8 Å². The molecule has 132 valence electrons. The van der Waals surface area contributed by atoms with Crippen LogP contribution in [0.15, 0.2) is 60.7 Å². The van der Waals surface area contributed by atoms with Crippen molar-refractivity contribution in [2.45, 2.75) is 12.7 Å². The zero-order valence-corrected chi connectivity index (χ0v) is 13.7. The largest absolute Gasteiger partial charge is 0.416 e. The van der Waals surface area contributed by atoms with E-state index >= 15 is 0 Å². The summed E-state index contributed by atoms with van der Waals surface area (Å²) in [5, 5.41) is 1.97. The highest BCUT2D eigenvalue weighted by atomic mass is 19.4. The Morgan fingerprint density at radius 1 is 0.769 bits per heavy atom. The number of hydrogen-bond acceptors (Lipinski definition) is 2. The quantitative estimate of drug-likeness (QED) is 0.496. The van der Waals surface area contributed by atoms with E-state index in [0.717, 1.165) is 27.9 Å². The molecule has 0 aliphatic carbocycles. The van der Waals surface area contributed by atoms with E-state index in [1.807, 2.05) is 41.0 Å². The highest BCUT2D eigenvalue weighted by Crippen LogP contribution is 2.33. The Morgan fingerprint density at radius 2 is 1.35 bits per heavy atom. The van der Waals surface area contributed by atoms with Gasteiger partial charge in [-0.1, -0.05) is 24.3 Å². The second kappa shape index (κ2) is 5.69. The smallest absolute Gasteiger partial charge is 0.399 e. The molecule has 3 nitrogen and oxygen atoms in total. The summed E-state index contributed by atoms with van der Waals surface area (Å²) in [7, 11) is 0. The lowest BCUT2D eigenvalue weighted by atomic mass is 10.1. The second-order valence-corrected chi connectivity index (χ2v) is 6.34. The number of nitrogens with two attached hydrogens (primary N) is 2. The topological polar surface area (TPSA) is 57.0 Å². The second-order valence-electron chi connectivity index (χ2n) is 6.34. The van der Waals surface area contributed by atoms with Gasteiger partial charge in [-0.15, -0.1) is 0 Å². The summed E-state index contributed by atoms with van der Waals surface area (Å²) in [6.07, 6.45) is -4.37. The maximum absolute atomic E-state index is 13.0. The van der Waals surface area contributed by atoms with Crippen LogP contribution < -0.4 is 11.5 Å². The van der Waals surface area contributed by atoms with Gasteiger partial charge in [0, 0.05) is 28.7 Å². The first-order valence-corrected chi connectivity index (χ1v) is 8.06. The van der Waals surface area contributed by atoms with Crippen molar-refractivity contribution >= 4 is 33.2 Å². The first kappa shape index (κ1) is 16.3. The number of benzene rings is 3. The predicted molar refractivity (Wildman–Crippen MR) is 98.8 cm³/mol. The highest BCUT2D eigenvalue weighted by molar-refractivity contribution is 6.09. The third kappa shape index (κ3) is 2.73. The predicted octanol–water partition coefficient (Wildman–Crippen LogP) is 5.03. The van der Waals surface area contributed by atoms with Crippen molar-refractivity contribution in [3.63, 3.8) is 0 Å². The Balaban J connectivity index is 1.93. The molecule has 0 unspecified atom stereocenters. The lowest BCUT2D eigenvalue weighted by Crippen LogP contribution is -2.07. The Labute approximate surface area is 147 Å². The lowest BCUT2D eigenvalue weighted by Gasteiger charge is -2.11. The first-order chi connectivity index (χ1) is 12.3. The molecule has 4 N–H and O–H groups in total. The lowest BCUT2D eigenvalue weighted by molar-refractivity contribution is -0.137. The van der Waals surface area contributed by atoms with E-state index in [9.17, 15) is 13.2 Å². The molecule has 0 atom stereocenters. The number of fused-ring (bicyclic) bond motifs is 3. The molecule has 3 aromatic carbocycles. The van der Waals surface area contributed by atoms with Gasteiger partial charge in [0.05, 0.1) is 16.6 Å². The van der Waals surface area contributed by atoms with Crippen molar-refractivity contribution in [1.29, 1.82) is 0 Å². The molecule has 4 aromatic rings. The highest BCUT2D eigenvalue weighted by Gasteiger charge is 2.30. The number of aromatic nitrogens is 1. The van der Waals surface area contributed by atoms with Gasteiger partial charge in [0.2, 0.25) is 0 Å². The van der Waals surface area contributed by atoms with Crippen LogP contribution in [0.2, 0.25) is 0 Å². The molecule has 0 saturated heterocycles. The van der Waals surface area contributed by atoms with Gasteiger partial charge in [-0.05, 0) is 42.0 Å². The molecule has 0 bridgehead atoms. The Morgan fingerprint density at radius 3 is 1.88 bits per heavy atom. The summed E-state index contributed by atoms with van der Waals surface area (Å²) in [5.74, 6) is 0. The van der Waals surface area contributed by atoms with E-state index in [-0.39, 0.29) is 6.54 Å². The van der Waals surface area contributed by atoms with Crippen LogP contribution in [0.1, 0.15) is 11.1 Å². The fourth-order valence-corrected chi connectivity index (χ4v) is 3.33. The van der Waals surface area contributed by atoms with Crippen molar-refractivity contribution < 1.29 is 13.2 Å². The van der Waals surface area contributed by atoms with Crippen molar-refractivity contribution in [1.82, 2.24) is 4.57 Å². The molecule has 1 aromatic heterocycles. The monoisotopic (exact) mass is 355 g/mol. The zero-order chi connectivity index (χ0) is 18.5. The Bertz CT molecular complexity index is 1070. The van der Waals surface area contributed by atoms with Crippen LogP contribution >= 0.6 is 0 Å².